The SMILES string of the molecule is CC1(C)NC(=O)CN(CC2C(C)(C)C2(C)C)C1=O. The van der Waals surface area contributed by atoms with E-state index in [1.54, 1.807) is 18.7 Å². The first-order valence-electron chi connectivity index (χ1n) is 6.60. The van der Waals surface area contributed by atoms with Crippen LogP contribution in [0, 0.1) is 16.7 Å². The molecule has 2 amide bonds. The minimum atomic E-state index is -0.765. The summed E-state index contributed by atoms with van der Waals surface area (Å²) < 4.78 is 0. The lowest BCUT2D eigenvalue weighted by atomic mass is 9.99. The van der Waals surface area contributed by atoms with Crippen molar-refractivity contribution in [2.45, 2.75) is 47.1 Å². The number of rotatable bonds is 2. The van der Waals surface area contributed by atoms with Gasteiger partial charge in [0, 0.05) is 6.54 Å². The van der Waals surface area contributed by atoms with Crippen LogP contribution >= 0.6 is 0 Å². The maximum Gasteiger partial charge on any atom is 0.248 e. The Kier molecular flexibility index (Phi) is 2.59. The first kappa shape index (κ1) is 13.4. The highest BCUT2D eigenvalue weighted by molar-refractivity contribution is 5.97. The molecule has 102 valence electrons. The number of nitrogens with one attached hydrogen (secondary N) is 1. The van der Waals surface area contributed by atoms with Gasteiger partial charge < -0.3 is 10.2 Å². The largest absolute Gasteiger partial charge is 0.341 e. The van der Waals surface area contributed by atoms with Crippen molar-refractivity contribution < 1.29 is 9.59 Å². The van der Waals surface area contributed by atoms with Crippen LogP contribution in [0.1, 0.15) is 41.5 Å². The monoisotopic (exact) mass is 252 g/mol. The van der Waals surface area contributed by atoms with Gasteiger partial charge in [-0.2, -0.15) is 0 Å². The topological polar surface area (TPSA) is 49.4 Å². The number of amides is 2. The highest BCUT2D eigenvalue weighted by Gasteiger charge is 2.65. The number of carbonyl (C=O) groups excluding carboxylic acids is 2. The minimum absolute atomic E-state index is 0.0283. The summed E-state index contributed by atoms with van der Waals surface area (Å²) in [7, 11) is 0. The molecule has 0 bridgehead atoms. The zero-order valence-electron chi connectivity index (χ0n) is 12.3. The van der Waals surface area contributed by atoms with Gasteiger partial charge in [-0.05, 0) is 30.6 Å². The minimum Gasteiger partial charge on any atom is -0.341 e. The maximum absolute atomic E-state index is 12.3. The van der Waals surface area contributed by atoms with E-state index in [4.69, 9.17) is 0 Å². The zero-order chi connectivity index (χ0) is 13.9. The standard InChI is InChI=1S/C14H24N2O2/c1-12(2)9(13(12,3)4)7-16-8-10(17)15-14(5,6)11(16)18/h9H,7-8H2,1-6H3,(H,15,17). The fourth-order valence-corrected chi connectivity index (χ4v) is 3.24. The number of hydrogen-bond donors (Lipinski definition) is 1. The van der Waals surface area contributed by atoms with E-state index < -0.39 is 5.54 Å². The average Bonchev–Trinajstić information content (AvgIpc) is 2.55. The van der Waals surface area contributed by atoms with E-state index in [0.717, 1.165) is 0 Å². The first-order valence-corrected chi connectivity index (χ1v) is 6.60. The highest BCUT2D eigenvalue weighted by Crippen LogP contribution is 2.68. The van der Waals surface area contributed by atoms with Crippen molar-refractivity contribution in [2.24, 2.45) is 16.7 Å². The molecule has 1 aliphatic heterocycles. The summed E-state index contributed by atoms with van der Waals surface area (Å²) >= 11 is 0. The molecule has 4 heteroatoms. The second-order valence-corrected chi connectivity index (χ2v) is 7.35. The molecule has 0 aromatic rings. The summed E-state index contributed by atoms with van der Waals surface area (Å²) in [5.74, 6) is 0.437. The van der Waals surface area contributed by atoms with E-state index in [2.05, 4.69) is 33.0 Å². The fourth-order valence-electron chi connectivity index (χ4n) is 3.24. The Morgan fingerprint density at radius 3 is 2.06 bits per heavy atom. The van der Waals surface area contributed by atoms with Crippen molar-refractivity contribution in [3.05, 3.63) is 0 Å². The summed E-state index contributed by atoms with van der Waals surface area (Å²) in [6.07, 6.45) is 0. The molecule has 0 spiro atoms. The predicted octanol–water partition coefficient (Wildman–Crippen LogP) is 1.41. The Hall–Kier alpha value is -1.06. The summed E-state index contributed by atoms with van der Waals surface area (Å²) in [6, 6.07) is 0. The van der Waals surface area contributed by atoms with Gasteiger partial charge >= 0.3 is 0 Å². The van der Waals surface area contributed by atoms with Gasteiger partial charge in [0.2, 0.25) is 11.8 Å². The molecule has 0 radical (unpaired) electrons. The Bertz CT molecular complexity index is 396. The first-order chi connectivity index (χ1) is 8.00. The van der Waals surface area contributed by atoms with Crippen molar-refractivity contribution in [2.75, 3.05) is 13.1 Å². The van der Waals surface area contributed by atoms with Crippen LogP contribution in [0.2, 0.25) is 0 Å². The summed E-state index contributed by atoms with van der Waals surface area (Å²) in [6.45, 7) is 13.4. The Morgan fingerprint density at radius 1 is 1.11 bits per heavy atom. The van der Waals surface area contributed by atoms with E-state index in [0.29, 0.717) is 12.5 Å². The molecule has 4 nitrogen and oxygen atoms in total. The van der Waals surface area contributed by atoms with Gasteiger partial charge in [0.1, 0.15) is 5.54 Å². The van der Waals surface area contributed by atoms with Crippen LogP contribution in [0.15, 0.2) is 0 Å². The summed E-state index contributed by atoms with van der Waals surface area (Å²) in [5, 5.41) is 2.74. The van der Waals surface area contributed by atoms with Gasteiger partial charge in [0.05, 0.1) is 6.54 Å². The molecule has 1 aliphatic carbocycles. The molecule has 0 aromatic heterocycles. The van der Waals surface area contributed by atoms with E-state index in [9.17, 15) is 9.59 Å². The van der Waals surface area contributed by atoms with Gasteiger partial charge in [0.15, 0.2) is 0 Å². The third kappa shape index (κ3) is 1.73. The molecule has 1 N–H and O–H groups in total. The Morgan fingerprint density at radius 2 is 1.61 bits per heavy atom. The van der Waals surface area contributed by atoms with Gasteiger partial charge in [-0.3, -0.25) is 9.59 Å². The van der Waals surface area contributed by atoms with Crippen molar-refractivity contribution in [3.8, 4) is 0 Å². The van der Waals surface area contributed by atoms with Crippen molar-refractivity contribution >= 4 is 11.8 Å². The van der Waals surface area contributed by atoms with Crippen molar-refractivity contribution in [1.82, 2.24) is 10.2 Å². The smallest absolute Gasteiger partial charge is 0.248 e. The quantitative estimate of drug-likeness (QED) is 0.807. The van der Waals surface area contributed by atoms with Crippen molar-refractivity contribution in [1.29, 1.82) is 0 Å². The molecule has 0 unspecified atom stereocenters. The molecule has 2 rings (SSSR count). The van der Waals surface area contributed by atoms with Crippen LogP contribution in [0.25, 0.3) is 0 Å². The van der Waals surface area contributed by atoms with E-state index >= 15 is 0 Å². The van der Waals surface area contributed by atoms with Crippen LogP contribution in [-0.2, 0) is 9.59 Å². The Balaban J connectivity index is 2.11. The third-order valence-corrected chi connectivity index (χ3v) is 5.33. The van der Waals surface area contributed by atoms with Gasteiger partial charge in [-0.15, -0.1) is 0 Å². The highest BCUT2D eigenvalue weighted by atomic mass is 16.2. The molecular formula is C14H24N2O2. The normalized spacial score (nSPS) is 29.1. The van der Waals surface area contributed by atoms with Crippen molar-refractivity contribution in [3.63, 3.8) is 0 Å². The van der Waals surface area contributed by atoms with E-state index in [1.165, 1.54) is 0 Å². The molecule has 0 aromatic carbocycles. The van der Waals surface area contributed by atoms with E-state index in [1.807, 2.05) is 0 Å². The third-order valence-electron chi connectivity index (χ3n) is 5.33. The molecule has 1 saturated carbocycles. The van der Waals surface area contributed by atoms with Crippen LogP contribution in [0.5, 0.6) is 0 Å². The molecular weight excluding hydrogens is 228 g/mol. The molecule has 2 fully saturated rings. The van der Waals surface area contributed by atoms with Crippen LogP contribution in [-0.4, -0.2) is 35.3 Å². The van der Waals surface area contributed by atoms with Crippen LogP contribution in [0.3, 0.4) is 0 Å². The van der Waals surface area contributed by atoms with Gasteiger partial charge in [-0.1, -0.05) is 27.7 Å². The molecule has 2 aliphatic rings. The number of carbonyl (C=O) groups is 2. The van der Waals surface area contributed by atoms with Crippen LogP contribution < -0.4 is 5.32 Å². The second-order valence-electron chi connectivity index (χ2n) is 7.35. The summed E-state index contributed by atoms with van der Waals surface area (Å²) in [4.78, 5) is 25.7. The lowest BCUT2D eigenvalue weighted by molar-refractivity contribution is -0.148. The Labute approximate surface area is 109 Å². The molecule has 1 saturated heterocycles. The number of piperazine rings is 1. The molecule has 1 heterocycles. The van der Waals surface area contributed by atoms with Gasteiger partial charge in [0.25, 0.3) is 0 Å². The summed E-state index contributed by atoms with van der Waals surface area (Å²) in [5.41, 5.74) is -0.283. The lowest BCUT2D eigenvalue weighted by Crippen LogP contribution is -2.64. The predicted molar refractivity (Wildman–Crippen MR) is 69.9 cm³/mol. The number of hydrogen-bond acceptors (Lipinski definition) is 2. The molecule has 0 atom stereocenters. The van der Waals surface area contributed by atoms with Gasteiger partial charge in [-0.25, -0.2) is 0 Å². The average molecular weight is 252 g/mol. The lowest BCUT2D eigenvalue weighted by Gasteiger charge is -2.37. The fraction of sp³-hybridized carbons (Fsp3) is 0.857. The molecule has 18 heavy (non-hydrogen) atoms. The van der Waals surface area contributed by atoms with E-state index in [-0.39, 0.29) is 29.2 Å². The number of nitrogens with zero attached hydrogens (tertiary/aromatic N) is 1. The van der Waals surface area contributed by atoms with Crippen LogP contribution in [0.4, 0.5) is 0 Å². The second kappa shape index (κ2) is 3.49. The maximum atomic E-state index is 12.3. The zero-order valence-corrected chi connectivity index (χ0v) is 12.3.